The highest BCUT2D eigenvalue weighted by atomic mass is 19.4. The smallest absolute Gasteiger partial charge is 0.493 e. The largest absolute Gasteiger partial charge is 0.573 e. The Balaban J connectivity index is 1.57. The molecule has 0 unspecified atom stereocenters. The van der Waals surface area contributed by atoms with Crippen molar-refractivity contribution in [3.05, 3.63) is 53.6 Å². The van der Waals surface area contributed by atoms with Gasteiger partial charge in [0.25, 0.3) is 0 Å². The summed E-state index contributed by atoms with van der Waals surface area (Å²) >= 11 is 0. The zero-order valence-electron chi connectivity index (χ0n) is 19.3. The van der Waals surface area contributed by atoms with Gasteiger partial charge in [0.1, 0.15) is 17.2 Å². The Labute approximate surface area is 196 Å². The van der Waals surface area contributed by atoms with Crippen LogP contribution >= 0.6 is 0 Å². The Morgan fingerprint density at radius 1 is 1.06 bits per heavy atom. The first-order valence-corrected chi connectivity index (χ1v) is 10.9. The second-order valence-electron chi connectivity index (χ2n) is 9.04. The van der Waals surface area contributed by atoms with E-state index in [-0.39, 0.29) is 11.2 Å². The lowest BCUT2D eigenvalue weighted by atomic mass is 9.67. The van der Waals surface area contributed by atoms with Gasteiger partial charge in [0.05, 0.1) is 6.61 Å². The molecular formula is C26H27F3O5. The van der Waals surface area contributed by atoms with Crippen LogP contribution in [0.4, 0.5) is 13.2 Å². The number of alkyl halides is 3. The van der Waals surface area contributed by atoms with Crippen LogP contribution in [0.25, 0.3) is 0 Å². The maximum atomic E-state index is 12.3. The van der Waals surface area contributed by atoms with Crippen molar-refractivity contribution in [3.63, 3.8) is 0 Å². The van der Waals surface area contributed by atoms with Crippen LogP contribution in [0.1, 0.15) is 50.7 Å². The quantitative estimate of drug-likeness (QED) is 0.465. The number of hydrogen-bond acceptors (Lipinski definition) is 4. The average Bonchev–Trinajstić information content (AvgIpc) is 2.71. The number of halogens is 3. The van der Waals surface area contributed by atoms with Gasteiger partial charge in [-0.15, -0.1) is 13.2 Å². The van der Waals surface area contributed by atoms with Crippen LogP contribution in [0.3, 0.4) is 0 Å². The third-order valence-electron chi connectivity index (χ3n) is 5.77. The first-order chi connectivity index (χ1) is 15.9. The van der Waals surface area contributed by atoms with Gasteiger partial charge in [-0.2, -0.15) is 0 Å². The van der Waals surface area contributed by atoms with Crippen LogP contribution in [0, 0.1) is 24.2 Å². The summed E-state index contributed by atoms with van der Waals surface area (Å²) in [5, 5.41) is 9.24. The molecule has 0 heterocycles. The maximum Gasteiger partial charge on any atom is 0.573 e. The Bertz CT molecular complexity index is 1070. The van der Waals surface area contributed by atoms with E-state index in [1.807, 2.05) is 13.0 Å². The molecule has 0 bridgehead atoms. The Morgan fingerprint density at radius 3 is 2.24 bits per heavy atom. The van der Waals surface area contributed by atoms with Crippen molar-refractivity contribution < 1.29 is 37.3 Å². The van der Waals surface area contributed by atoms with Gasteiger partial charge in [-0.25, -0.2) is 4.79 Å². The second kappa shape index (κ2) is 9.88. The summed E-state index contributed by atoms with van der Waals surface area (Å²) < 4.78 is 52.3. The molecule has 1 N–H and O–H groups in total. The highest BCUT2D eigenvalue weighted by Gasteiger charge is 2.37. The predicted molar refractivity (Wildman–Crippen MR) is 120 cm³/mol. The van der Waals surface area contributed by atoms with Crippen LogP contribution in [0.2, 0.25) is 0 Å². The minimum Gasteiger partial charge on any atom is -0.493 e. The molecule has 2 aromatic rings. The highest BCUT2D eigenvalue weighted by Crippen LogP contribution is 2.44. The van der Waals surface area contributed by atoms with Gasteiger partial charge in [-0.3, -0.25) is 0 Å². The molecule has 1 fully saturated rings. The molecule has 0 saturated heterocycles. The zero-order chi connectivity index (χ0) is 25.0. The van der Waals surface area contributed by atoms with Crippen LogP contribution in [-0.4, -0.2) is 29.6 Å². The fraction of sp³-hybridized carbons (Fsp3) is 0.423. The molecule has 5 nitrogen and oxygen atoms in total. The first kappa shape index (κ1) is 25.3. The van der Waals surface area contributed by atoms with E-state index in [2.05, 4.69) is 16.6 Å². The monoisotopic (exact) mass is 476 g/mol. The molecule has 0 radical (unpaired) electrons. The first-order valence-electron chi connectivity index (χ1n) is 10.9. The van der Waals surface area contributed by atoms with Gasteiger partial charge >= 0.3 is 12.3 Å². The van der Waals surface area contributed by atoms with Gasteiger partial charge in [0.2, 0.25) is 0 Å². The van der Waals surface area contributed by atoms with Gasteiger partial charge < -0.3 is 19.3 Å². The summed E-state index contributed by atoms with van der Waals surface area (Å²) in [7, 11) is 0. The van der Waals surface area contributed by atoms with Crippen LogP contribution < -0.4 is 14.2 Å². The molecule has 182 valence electrons. The summed E-state index contributed by atoms with van der Waals surface area (Å²) in [5.41, 5.74) is -0.0265. The van der Waals surface area contributed by atoms with Crippen molar-refractivity contribution >= 4 is 5.97 Å². The van der Waals surface area contributed by atoms with Gasteiger partial charge in [0.15, 0.2) is 5.60 Å². The van der Waals surface area contributed by atoms with Crippen LogP contribution in [0.15, 0.2) is 42.5 Å². The number of benzene rings is 2. The van der Waals surface area contributed by atoms with Gasteiger partial charge in [0, 0.05) is 17.4 Å². The van der Waals surface area contributed by atoms with E-state index >= 15 is 0 Å². The number of aliphatic carboxylic acids is 1. The Hall–Kier alpha value is -3.34. The summed E-state index contributed by atoms with van der Waals surface area (Å²) in [6.45, 7) is 5.30. The molecule has 0 aliphatic heterocycles. The fourth-order valence-corrected chi connectivity index (χ4v) is 3.50. The van der Waals surface area contributed by atoms with Crippen LogP contribution in [0.5, 0.6) is 17.2 Å². The molecule has 0 atom stereocenters. The summed E-state index contributed by atoms with van der Waals surface area (Å²) in [5.74, 6) is 5.95. The third-order valence-corrected chi connectivity index (χ3v) is 5.77. The predicted octanol–water partition coefficient (Wildman–Crippen LogP) is 6.13. The molecule has 1 aliphatic rings. The minimum atomic E-state index is -4.72. The number of rotatable bonds is 8. The number of carboxylic acids is 1. The lowest BCUT2D eigenvalue weighted by Crippen LogP contribution is -2.38. The van der Waals surface area contributed by atoms with E-state index in [0.717, 1.165) is 24.8 Å². The SMILES string of the molecule is Cc1cc(OCC2(CC#Cc3ccc(OC(F)(F)F)cc3)CCC2)ccc1OC(C)(C)C(=O)O. The van der Waals surface area contributed by atoms with E-state index in [0.29, 0.717) is 30.1 Å². The van der Waals surface area contributed by atoms with Crippen molar-refractivity contribution in [2.75, 3.05) is 6.61 Å². The van der Waals surface area contributed by atoms with E-state index in [4.69, 9.17) is 9.47 Å². The normalized spacial score (nSPS) is 14.9. The standard InChI is InChI=1S/C26H27F3O5/c1-18-16-21(11-12-22(18)34-24(2,3)23(30)31)32-17-25(14-5-15-25)13-4-6-19-7-9-20(10-8-19)33-26(27,28)29/h7-12,16H,5,13-15,17H2,1-3H3,(H,30,31). The molecule has 3 rings (SSSR count). The van der Waals surface area contributed by atoms with Crippen molar-refractivity contribution in [2.24, 2.45) is 5.41 Å². The molecule has 1 aliphatic carbocycles. The molecule has 2 aromatic carbocycles. The van der Waals surface area contributed by atoms with Gasteiger partial charge in [-0.1, -0.05) is 18.3 Å². The van der Waals surface area contributed by atoms with Crippen LogP contribution in [-0.2, 0) is 4.79 Å². The van der Waals surface area contributed by atoms with E-state index in [9.17, 15) is 23.1 Å². The second-order valence-corrected chi connectivity index (χ2v) is 9.04. The summed E-state index contributed by atoms with van der Waals surface area (Å²) in [6, 6.07) is 10.7. The molecular weight excluding hydrogens is 449 g/mol. The fourth-order valence-electron chi connectivity index (χ4n) is 3.50. The molecule has 0 aromatic heterocycles. The Morgan fingerprint density at radius 2 is 1.71 bits per heavy atom. The third kappa shape index (κ3) is 6.83. The zero-order valence-corrected chi connectivity index (χ0v) is 19.3. The minimum absolute atomic E-state index is 0.0687. The maximum absolute atomic E-state index is 12.3. The highest BCUT2D eigenvalue weighted by molar-refractivity contribution is 5.76. The number of carboxylic acid groups (broad SMARTS) is 1. The number of hydrogen-bond donors (Lipinski definition) is 1. The number of ether oxygens (including phenoxy) is 3. The lowest BCUT2D eigenvalue weighted by molar-refractivity contribution is -0.274. The van der Waals surface area contributed by atoms with E-state index in [1.165, 1.54) is 38.1 Å². The van der Waals surface area contributed by atoms with Gasteiger partial charge in [-0.05, 0) is 81.6 Å². The summed E-state index contributed by atoms with van der Waals surface area (Å²) in [4.78, 5) is 11.3. The van der Waals surface area contributed by atoms with Crippen molar-refractivity contribution in [2.45, 2.75) is 58.4 Å². The topological polar surface area (TPSA) is 65.0 Å². The van der Waals surface area contributed by atoms with Crippen molar-refractivity contribution in [3.8, 4) is 29.1 Å². The average molecular weight is 476 g/mol. The molecule has 1 saturated carbocycles. The van der Waals surface area contributed by atoms with E-state index < -0.39 is 17.9 Å². The number of aryl methyl sites for hydroxylation is 1. The number of carbonyl (C=O) groups is 1. The van der Waals surface area contributed by atoms with E-state index in [1.54, 1.807) is 12.1 Å². The molecule has 8 heteroatoms. The lowest BCUT2D eigenvalue weighted by Gasteiger charge is -2.40. The van der Waals surface area contributed by atoms with Crippen molar-refractivity contribution in [1.82, 2.24) is 0 Å². The van der Waals surface area contributed by atoms with Crippen molar-refractivity contribution in [1.29, 1.82) is 0 Å². The molecule has 0 spiro atoms. The Kier molecular flexibility index (Phi) is 7.35. The molecule has 34 heavy (non-hydrogen) atoms. The molecule has 0 amide bonds. The summed E-state index contributed by atoms with van der Waals surface area (Å²) in [6.07, 6.45) is -1.06.